The summed E-state index contributed by atoms with van der Waals surface area (Å²) >= 11 is 11.9. The maximum atomic E-state index is 13.1. The van der Waals surface area contributed by atoms with Gasteiger partial charge < -0.3 is 16.3 Å². The summed E-state index contributed by atoms with van der Waals surface area (Å²) in [4.78, 5) is 3.97. The van der Waals surface area contributed by atoms with Gasteiger partial charge in [0.1, 0.15) is 11.5 Å². The lowest BCUT2D eigenvalue weighted by Crippen LogP contribution is -2.15. The van der Waals surface area contributed by atoms with E-state index in [0.717, 1.165) is 5.56 Å². The van der Waals surface area contributed by atoms with Crippen molar-refractivity contribution < 1.29 is 9.60 Å². The summed E-state index contributed by atoms with van der Waals surface area (Å²) in [7, 11) is 0. The third kappa shape index (κ3) is 3.74. The number of hydrogen-bond donors (Lipinski definition) is 3. The molecular formula is C13H11Cl2FN4O. The normalized spacial score (nSPS) is 11.5. The van der Waals surface area contributed by atoms with Gasteiger partial charge in [-0.25, -0.2) is 4.39 Å². The molecular weight excluding hydrogens is 318 g/mol. The summed E-state index contributed by atoms with van der Waals surface area (Å²) in [5.41, 5.74) is 7.05. The van der Waals surface area contributed by atoms with Crippen LogP contribution in [0.5, 0.6) is 0 Å². The molecule has 0 bridgehead atoms. The highest BCUT2D eigenvalue weighted by molar-refractivity contribution is 6.39. The van der Waals surface area contributed by atoms with Gasteiger partial charge in [0.05, 0.1) is 15.7 Å². The lowest BCUT2D eigenvalue weighted by Gasteiger charge is -2.11. The highest BCUT2D eigenvalue weighted by Crippen LogP contribution is 2.31. The number of nitrogens with one attached hydrogen (secondary N) is 1. The van der Waals surface area contributed by atoms with Crippen molar-refractivity contribution in [3.63, 3.8) is 0 Å². The van der Waals surface area contributed by atoms with Crippen molar-refractivity contribution in [1.29, 1.82) is 0 Å². The highest BCUT2D eigenvalue weighted by atomic mass is 35.5. The molecule has 0 saturated carbocycles. The summed E-state index contributed by atoms with van der Waals surface area (Å²) in [6.45, 7) is 0.360. The van der Waals surface area contributed by atoms with Crippen molar-refractivity contribution >= 4 is 34.7 Å². The van der Waals surface area contributed by atoms with Crippen LogP contribution in [0.25, 0.3) is 0 Å². The van der Waals surface area contributed by atoms with Gasteiger partial charge in [-0.05, 0) is 29.8 Å². The lowest BCUT2D eigenvalue weighted by molar-refractivity contribution is 0.318. The van der Waals surface area contributed by atoms with E-state index in [0.29, 0.717) is 17.9 Å². The van der Waals surface area contributed by atoms with Crippen molar-refractivity contribution in [2.45, 2.75) is 6.54 Å². The van der Waals surface area contributed by atoms with Crippen LogP contribution in [0.4, 0.5) is 10.1 Å². The smallest absolute Gasteiger partial charge is 0.188 e. The van der Waals surface area contributed by atoms with Crippen LogP contribution in [0.2, 0.25) is 10.0 Å². The molecule has 0 atom stereocenters. The number of nitrogens with zero attached hydrogens (tertiary/aromatic N) is 2. The number of pyridine rings is 1. The number of rotatable bonds is 4. The van der Waals surface area contributed by atoms with Crippen LogP contribution in [0, 0.1) is 5.82 Å². The van der Waals surface area contributed by atoms with E-state index in [1.807, 2.05) is 0 Å². The number of benzene rings is 1. The summed E-state index contributed by atoms with van der Waals surface area (Å²) in [5.74, 6) is -0.594. The van der Waals surface area contributed by atoms with Crippen LogP contribution in [-0.2, 0) is 6.54 Å². The molecule has 4 N–H and O–H groups in total. The van der Waals surface area contributed by atoms with E-state index in [1.54, 1.807) is 12.1 Å². The second-order valence-electron chi connectivity index (χ2n) is 4.13. The lowest BCUT2D eigenvalue weighted by atomic mass is 10.2. The first-order valence-corrected chi connectivity index (χ1v) is 6.58. The van der Waals surface area contributed by atoms with Crippen molar-refractivity contribution in [3.8, 4) is 0 Å². The molecule has 1 heterocycles. The monoisotopic (exact) mass is 328 g/mol. The van der Waals surface area contributed by atoms with Gasteiger partial charge in [0.25, 0.3) is 0 Å². The molecule has 5 nitrogen and oxygen atoms in total. The molecule has 2 aromatic rings. The SMILES string of the molecule is N/C(=N/O)c1cc(CNc2c(Cl)cc(F)cc2Cl)ccn1. The van der Waals surface area contributed by atoms with Crippen LogP contribution in [0.1, 0.15) is 11.3 Å². The molecule has 0 fully saturated rings. The van der Waals surface area contributed by atoms with E-state index in [-0.39, 0.29) is 15.9 Å². The van der Waals surface area contributed by atoms with Crippen LogP contribution in [0.15, 0.2) is 35.6 Å². The number of anilines is 1. The Bertz CT molecular complexity index is 671. The third-order valence-electron chi connectivity index (χ3n) is 2.67. The Morgan fingerprint density at radius 3 is 2.62 bits per heavy atom. The fourth-order valence-corrected chi connectivity index (χ4v) is 2.27. The van der Waals surface area contributed by atoms with Gasteiger partial charge >= 0.3 is 0 Å². The first kappa shape index (κ1) is 15.3. The molecule has 110 valence electrons. The summed E-state index contributed by atoms with van der Waals surface area (Å²) in [5, 5.41) is 14.9. The van der Waals surface area contributed by atoms with E-state index in [4.69, 9.17) is 34.1 Å². The molecule has 0 aliphatic rings. The maximum absolute atomic E-state index is 13.1. The van der Waals surface area contributed by atoms with E-state index in [2.05, 4.69) is 15.5 Å². The highest BCUT2D eigenvalue weighted by Gasteiger charge is 2.09. The van der Waals surface area contributed by atoms with E-state index in [1.165, 1.54) is 18.3 Å². The number of amidine groups is 1. The summed E-state index contributed by atoms with van der Waals surface area (Å²) in [6, 6.07) is 5.73. The Morgan fingerprint density at radius 1 is 1.33 bits per heavy atom. The molecule has 0 radical (unpaired) electrons. The minimum absolute atomic E-state index is 0.0882. The average Bonchev–Trinajstić information content (AvgIpc) is 2.45. The zero-order valence-corrected chi connectivity index (χ0v) is 12.2. The van der Waals surface area contributed by atoms with Gasteiger partial charge in [0.2, 0.25) is 0 Å². The zero-order chi connectivity index (χ0) is 15.4. The molecule has 0 unspecified atom stereocenters. The van der Waals surface area contributed by atoms with Crippen molar-refractivity contribution in [2.75, 3.05) is 5.32 Å². The quantitative estimate of drug-likeness (QED) is 0.348. The van der Waals surface area contributed by atoms with E-state index in [9.17, 15) is 4.39 Å². The predicted molar refractivity (Wildman–Crippen MR) is 80.5 cm³/mol. The molecule has 0 amide bonds. The predicted octanol–water partition coefficient (Wildman–Crippen LogP) is 3.23. The molecule has 1 aromatic heterocycles. The molecule has 0 saturated heterocycles. The van der Waals surface area contributed by atoms with Gasteiger partial charge in [-0.15, -0.1) is 0 Å². The first-order chi connectivity index (χ1) is 10.0. The second kappa shape index (κ2) is 6.60. The first-order valence-electron chi connectivity index (χ1n) is 5.82. The Balaban J connectivity index is 2.17. The minimum atomic E-state index is -0.506. The van der Waals surface area contributed by atoms with Gasteiger partial charge in [-0.2, -0.15) is 0 Å². The Labute approximate surface area is 130 Å². The Morgan fingerprint density at radius 2 is 2.00 bits per heavy atom. The van der Waals surface area contributed by atoms with Crippen LogP contribution < -0.4 is 11.1 Å². The fourth-order valence-electron chi connectivity index (χ4n) is 1.68. The second-order valence-corrected chi connectivity index (χ2v) is 4.95. The number of hydrogen-bond acceptors (Lipinski definition) is 4. The van der Waals surface area contributed by atoms with Gasteiger partial charge in [0.15, 0.2) is 5.84 Å². The topological polar surface area (TPSA) is 83.5 Å². The molecule has 21 heavy (non-hydrogen) atoms. The largest absolute Gasteiger partial charge is 0.409 e. The minimum Gasteiger partial charge on any atom is -0.409 e. The number of halogens is 3. The summed E-state index contributed by atoms with van der Waals surface area (Å²) in [6.07, 6.45) is 1.53. The number of oxime groups is 1. The van der Waals surface area contributed by atoms with Crippen molar-refractivity contribution in [3.05, 3.63) is 57.6 Å². The van der Waals surface area contributed by atoms with Gasteiger partial charge in [-0.3, -0.25) is 4.98 Å². The fraction of sp³-hybridized carbons (Fsp3) is 0.0769. The Hall–Kier alpha value is -2.05. The third-order valence-corrected chi connectivity index (χ3v) is 3.27. The molecule has 0 aliphatic heterocycles. The zero-order valence-electron chi connectivity index (χ0n) is 10.6. The van der Waals surface area contributed by atoms with E-state index < -0.39 is 5.82 Å². The number of nitrogens with two attached hydrogens (primary N) is 1. The molecule has 0 aliphatic carbocycles. The maximum Gasteiger partial charge on any atom is 0.188 e. The number of aromatic nitrogens is 1. The van der Waals surface area contributed by atoms with E-state index >= 15 is 0 Å². The van der Waals surface area contributed by atoms with Crippen molar-refractivity contribution in [1.82, 2.24) is 4.98 Å². The van der Waals surface area contributed by atoms with Crippen LogP contribution in [-0.4, -0.2) is 16.0 Å². The molecule has 0 spiro atoms. The standard InChI is InChI=1S/C13H11Cl2FN4O/c14-9-4-8(16)5-10(15)12(9)19-6-7-1-2-18-11(3-7)13(17)20-21/h1-5,19,21H,6H2,(H2,17,20). The van der Waals surface area contributed by atoms with Gasteiger partial charge in [0, 0.05) is 12.7 Å². The molecule has 1 aromatic carbocycles. The molecule has 2 rings (SSSR count). The summed E-state index contributed by atoms with van der Waals surface area (Å²) < 4.78 is 13.1. The Kier molecular flexibility index (Phi) is 4.82. The van der Waals surface area contributed by atoms with Crippen molar-refractivity contribution in [2.24, 2.45) is 10.9 Å². The van der Waals surface area contributed by atoms with Crippen LogP contribution in [0.3, 0.4) is 0 Å². The average molecular weight is 329 g/mol. The molecule has 8 heteroatoms. The van der Waals surface area contributed by atoms with Gasteiger partial charge in [-0.1, -0.05) is 28.4 Å². The van der Waals surface area contributed by atoms with Crippen LogP contribution >= 0.6 is 23.2 Å².